The van der Waals surface area contributed by atoms with Crippen molar-refractivity contribution in [2.75, 3.05) is 0 Å². The van der Waals surface area contributed by atoms with Gasteiger partial charge in [-0.2, -0.15) is 0 Å². The van der Waals surface area contributed by atoms with Crippen molar-refractivity contribution in [3.05, 3.63) is 125 Å². The second-order valence-electron chi connectivity index (χ2n) is 11.0. The summed E-state index contributed by atoms with van der Waals surface area (Å²) in [7, 11) is 0. The molecule has 43 heavy (non-hydrogen) atoms. The molecule has 5 atom stereocenters. The van der Waals surface area contributed by atoms with Crippen molar-refractivity contribution in [3.8, 4) is 0 Å². The molecule has 0 saturated carbocycles. The SMILES string of the molecule is CC1(C)O[C@H]2O[C@H]([C@H](C/C(O)=C/[N+]#N)N(Cc3ccccc3)C(=O)OCc3ccccc3)[C@H](OCc3ccccc3)[C@H]2O1. The predicted molar refractivity (Wildman–Crippen MR) is 157 cm³/mol. The van der Waals surface area contributed by atoms with Crippen LogP contribution in [0.3, 0.4) is 0 Å². The summed E-state index contributed by atoms with van der Waals surface area (Å²) < 4.78 is 31.0. The number of carbonyl (C=O) groups excluding carboxylic acids is 1. The maximum atomic E-state index is 13.9. The summed E-state index contributed by atoms with van der Waals surface area (Å²) in [6.07, 6.45) is -2.66. The molecular formula is C33H36N3O7+. The normalized spacial score (nSPS) is 23.2. The minimum absolute atomic E-state index is 0.0522. The van der Waals surface area contributed by atoms with Gasteiger partial charge < -0.3 is 28.8 Å². The van der Waals surface area contributed by atoms with Crippen LogP contribution in [-0.2, 0) is 43.4 Å². The molecule has 10 heteroatoms. The fourth-order valence-electron chi connectivity index (χ4n) is 5.41. The number of amides is 1. The zero-order chi connectivity index (χ0) is 30.2. The summed E-state index contributed by atoms with van der Waals surface area (Å²) in [4.78, 5) is 18.4. The Morgan fingerprint density at radius 2 is 1.53 bits per heavy atom. The number of aliphatic hydroxyl groups excluding tert-OH is 1. The Morgan fingerprint density at radius 3 is 2.14 bits per heavy atom. The van der Waals surface area contributed by atoms with Crippen molar-refractivity contribution in [1.82, 2.24) is 4.90 Å². The average Bonchev–Trinajstić information content (AvgIpc) is 3.49. The second-order valence-corrected chi connectivity index (χ2v) is 11.0. The molecule has 0 aromatic heterocycles. The summed E-state index contributed by atoms with van der Waals surface area (Å²) in [5.41, 5.74) is 2.62. The van der Waals surface area contributed by atoms with Gasteiger partial charge in [0.1, 0.15) is 24.9 Å². The van der Waals surface area contributed by atoms with E-state index in [0.717, 1.165) is 22.9 Å². The van der Waals surface area contributed by atoms with Crippen LogP contribution in [0.5, 0.6) is 0 Å². The fraction of sp³-hybridized carbons (Fsp3) is 0.364. The zero-order valence-electron chi connectivity index (χ0n) is 24.2. The number of rotatable bonds is 11. The molecule has 224 valence electrons. The first-order chi connectivity index (χ1) is 20.8. The van der Waals surface area contributed by atoms with E-state index in [9.17, 15) is 9.90 Å². The van der Waals surface area contributed by atoms with E-state index in [0.29, 0.717) is 0 Å². The molecule has 0 radical (unpaired) electrons. The Labute approximate surface area is 251 Å². The largest absolute Gasteiger partial charge is 0.505 e. The van der Waals surface area contributed by atoms with E-state index in [-0.39, 0.29) is 31.9 Å². The molecule has 0 spiro atoms. The molecular weight excluding hydrogens is 550 g/mol. The van der Waals surface area contributed by atoms with Gasteiger partial charge in [0.2, 0.25) is 5.39 Å². The first-order valence-corrected chi connectivity index (χ1v) is 14.2. The van der Waals surface area contributed by atoms with Crippen molar-refractivity contribution in [3.63, 3.8) is 0 Å². The highest BCUT2D eigenvalue weighted by molar-refractivity contribution is 5.68. The number of carbonyl (C=O) groups is 1. The van der Waals surface area contributed by atoms with Gasteiger partial charge in [-0.3, -0.25) is 4.90 Å². The first-order valence-electron chi connectivity index (χ1n) is 14.2. The minimum Gasteiger partial charge on any atom is -0.505 e. The fourth-order valence-corrected chi connectivity index (χ4v) is 5.41. The molecule has 2 fully saturated rings. The highest BCUT2D eigenvalue weighted by atomic mass is 16.8. The number of aliphatic hydroxyl groups is 1. The summed E-state index contributed by atoms with van der Waals surface area (Å²) >= 11 is 0. The van der Waals surface area contributed by atoms with Crippen molar-refractivity contribution >= 4 is 6.09 Å². The molecule has 1 N–H and O–H groups in total. The Bertz CT molecular complexity index is 1410. The highest BCUT2D eigenvalue weighted by Crippen LogP contribution is 2.42. The van der Waals surface area contributed by atoms with Gasteiger partial charge in [0.25, 0.3) is 0 Å². The van der Waals surface area contributed by atoms with E-state index >= 15 is 0 Å². The van der Waals surface area contributed by atoms with E-state index in [1.807, 2.05) is 91.0 Å². The number of hydrogen-bond acceptors (Lipinski definition) is 8. The smallest absolute Gasteiger partial charge is 0.410 e. The van der Waals surface area contributed by atoms with Gasteiger partial charge in [-0.1, -0.05) is 91.0 Å². The molecule has 3 aromatic carbocycles. The van der Waals surface area contributed by atoms with Crippen LogP contribution < -0.4 is 0 Å². The van der Waals surface area contributed by atoms with E-state index in [2.05, 4.69) is 4.98 Å². The van der Waals surface area contributed by atoms with Gasteiger partial charge in [0.05, 0.1) is 12.6 Å². The molecule has 0 unspecified atom stereocenters. The van der Waals surface area contributed by atoms with E-state index in [1.165, 1.54) is 4.90 Å². The molecule has 5 rings (SSSR count). The monoisotopic (exact) mass is 586 g/mol. The van der Waals surface area contributed by atoms with Gasteiger partial charge in [-0.05, 0) is 30.5 Å². The van der Waals surface area contributed by atoms with E-state index < -0.39 is 42.5 Å². The number of fused-ring (bicyclic) bond motifs is 1. The maximum absolute atomic E-state index is 13.9. The lowest BCUT2D eigenvalue weighted by atomic mass is 9.97. The summed E-state index contributed by atoms with van der Waals surface area (Å²) in [6, 6.07) is 27.7. The van der Waals surface area contributed by atoms with Crippen LogP contribution in [0.4, 0.5) is 4.79 Å². The van der Waals surface area contributed by atoms with Crippen LogP contribution in [0.2, 0.25) is 0 Å². The Morgan fingerprint density at radius 1 is 0.953 bits per heavy atom. The van der Waals surface area contributed by atoms with Crippen LogP contribution in [0.1, 0.15) is 37.0 Å². The summed E-state index contributed by atoms with van der Waals surface area (Å²) in [5, 5.41) is 19.9. The Balaban J connectivity index is 1.49. The molecule has 0 aliphatic carbocycles. The molecule has 2 heterocycles. The topological polar surface area (TPSA) is 115 Å². The molecule has 0 bridgehead atoms. The van der Waals surface area contributed by atoms with Gasteiger partial charge >= 0.3 is 12.3 Å². The van der Waals surface area contributed by atoms with Crippen LogP contribution in [0, 0.1) is 5.39 Å². The standard InChI is InChI=1S/C33H35N3O7/c1-33(2)42-30-29(39-21-24-14-8-4-9-15-24)28(41-31(30)43-33)27(18-26(37)19-35-34)36(20-23-12-6-3-7-13-23)32(38)40-22-25-16-10-5-11-17-25/h3-17,19,27-31H,18,20-22H2,1-2H3/p+1/b26-19-/t27-,28+,29-,30+,31+/m0/s1. The van der Waals surface area contributed by atoms with Crippen LogP contribution in [0.15, 0.2) is 103 Å². The first kappa shape index (κ1) is 30.2. The maximum Gasteiger partial charge on any atom is 0.410 e. The molecule has 2 aliphatic rings. The van der Waals surface area contributed by atoms with Crippen molar-refractivity contribution in [2.45, 2.75) is 76.5 Å². The van der Waals surface area contributed by atoms with E-state index in [1.54, 1.807) is 13.8 Å². The van der Waals surface area contributed by atoms with Gasteiger partial charge in [0.15, 0.2) is 22.8 Å². The van der Waals surface area contributed by atoms with Crippen molar-refractivity contribution < 1.29 is 33.6 Å². The summed E-state index contributed by atoms with van der Waals surface area (Å²) in [5.74, 6) is -1.16. The number of benzene rings is 3. The van der Waals surface area contributed by atoms with Crippen molar-refractivity contribution in [1.29, 1.82) is 5.39 Å². The Kier molecular flexibility index (Phi) is 9.69. The lowest BCUT2D eigenvalue weighted by Gasteiger charge is -2.37. The number of ether oxygens (including phenoxy) is 5. The third-order valence-corrected chi connectivity index (χ3v) is 7.35. The molecule has 2 saturated heterocycles. The molecule has 10 nitrogen and oxygen atoms in total. The number of nitrogens with zero attached hydrogens (tertiary/aromatic N) is 3. The number of hydrogen-bond donors (Lipinski definition) is 1. The minimum atomic E-state index is -0.902. The van der Waals surface area contributed by atoms with Crippen LogP contribution in [-0.4, -0.2) is 52.5 Å². The zero-order valence-corrected chi connectivity index (χ0v) is 24.2. The predicted octanol–water partition coefficient (Wildman–Crippen LogP) is 6.30. The van der Waals surface area contributed by atoms with Crippen molar-refractivity contribution in [2.24, 2.45) is 0 Å². The van der Waals surface area contributed by atoms with Gasteiger partial charge in [0, 0.05) is 13.0 Å². The second kappa shape index (κ2) is 13.8. The molecule has 3 aromatic rings. The quantitative estimate of drug-likeness (QED) is 0.206. The highest BCUT2D eigenvalue weighted by Gasteiger charge is 2.58. The molecule has 2 aliphatic heterocycles. The van der Waals surface area contributed by atoms with Gasteiger partial charge in [-0.25, -0.2) is 4.79 Å². The lowest BCUT2D eigenvalue weighted by molar-refractivity contribution is -0.226. The molecule has 1 amide bonds. The third-order valence-electron chi connectivity index (χ3n) is 7.35. The summed E-state index contributed by atoms with van der Waals surface area (Å²) in [6.45, 7) is 4.06. The van der Waals surface area contributed by atoms with Gasteiger partial charge in [-0.15, -0.1) is 0 Å². The van der Waals surface area contributed by atoms with Crippen LogP contribution >= 0.6 is 0 Å². The average molecular weight is 587 g/mol. The Hall–Kier alpha value is -4.27. The number of diazo groups is 1. The van der Waals surface area contributed by atoms with Crippen LogP contribution in [0.25, 0.3) is 4.98 Å². The third kappa shape index (κ3) is 7.77. The van der Waals surface area contributed by atoms with E-state index in [4.69, 9.17) is 29.1 Å². The lowest BCUT2D eigenvalue weighted by Crippen LogP contribution is -2.52.